The molecule has 3 aromatic rings. The van der Waals surface area contributed by atoms with Gasteiger partial charge in [-0.15, -0.1) is 11.3 Å². The summed E-state index contributed by atoms with van der Waals surface area (Å²) in [7, 11) is 0. The van der Waals surface area contributed by atoms with E-state index in [-0.39, 0.29) is 12.5 Å². The van der Waals surface area contributed by atoms with Crippen LogP contribution in [0.4, 0.5) is 8.78 Å². The van der Waals surface area contributed by atoms with Crippen LogP contribution < -0.4 is 10.1 Å². The molecule has 1 aromatic heterocycles. The number of amides is 1. The predicted molar refractivity (Wildman–Crippen MR) is 105 cm³/mol. The largest absolute Gasteiger partial charge is 0.487 e. The number of carbonyl (C=O) groups is 1. The Labute approximate surface area is 165 Å². The Hall–Kier alpha value is -3.06. The van der Waals surface area contributed by atoms with Crippen molar-refractivity contribution in [1.82, 2.24) is 10.3 Å². The van der Waals surface area contributed by atoms with E-state index in [1.54, 1.807) is 17.4 Å². The maximum atomic E-state index is 13.2. The molecule has 0 saturated carbocycles. The summed E-state index contributed by atoms with van der Waals surface area (Å²) in [5.74, 6) is -1.05. The van der Waals surface area contributed by atoms with E-state index >= 15 is 0 Å². The number of ether oxygens (including phenoxy) is 1. The molecule has 4 nitrogen and oxygen atoms in total. The molecule has 0 saturated heterocycles. The molecule has 0 spiro atoms. The predicted octanol–water partition coefficient (Wildman–Crippen LogP) is 4.64. The summed E-state index contributed by atoms with van der Waals surface area (Å²) in [6, 6.07) is 10.5. The van der Waals surface area contributed by atoms with Crippen molar-refractivity contribution in [3.05, 3.63) is 87.4 Å². The van der Waals surface area contributed by atoms with E-state index in [0.717, 1.165) is 22.3 Å². The standard InChI is InChI=1S/C21H18F2N2O2S/c1-14-25-19(13-28-14)12-27-20-4-2-3-15(9-20)5-6-21(26)24-11-16-7-17(22)10-18(23)8-16/h2-10,13H,11-12H2,1H3,(H,24,26)/b6-5+. The minimum absolute atomic E-state index is 0.0358. The molecule has 2 aromatic carbocycles. The van der Waals surface area contributed by atoms with Crippen molar-refractivity contribution in [2.75, 3.05) is 0 Å². The summed E-state index contributed by atoms with van der Waals surface area (Å²) in [6.07, 6.45) is 3.00. The average Bonchev–Trinajstić information content (AvgIpc) is 3.08. The van der Waals surface area contributed by atoms with Crippen LogP contribution in [-0.4, -0.2) is 10.9 Å². The smallest absolute Gasteiger partial charge is 0.244 e. The Morgan fingerprint density at radius 1 is 1.21 bits per heavy atom. The number of aryl methyl sites for hydroxylation is 1. The van der Waals surface area contributed by atoms with Gasteiger partial charge in [-0.25, -0.2) is 13.8 Å². The van der Waals surface area contributed by atoms with Crippen LogP contribution in [0.1, 0.15) is 21.8 Å². The first-order valence-electron chi connectivity index (χ1n) is 8.53. The second-order valence-electron chi connectivity index (χ2n) is 6.05. The van der Waals surface area contributed by atoms with Crippen LogP contribution >= 0.6 is 11.3 Å². The highest BCUT2D eigenvalue weighted by Gasteiger charge is 2.03. The van der Waals surface area contributed by atoms with E-state index in [1.165, 1.54) is 18.2 Å². The third-order valence-corrected chi connectivity index (χ3v) is 4.55. The number of hydrogen-bond acceptors (Lipinski definition) is 4. The summed E-state index contributed by atoms with van der Waals surface area (Å²) in [6.45, 7) is 2.35. The van der Waals surface area contributed by atoms with E-state index in [2.05, 4.69) is 10.3 Å². The Balaban J connectivity index is 1.53. The molecule has 3 rings (SSSR count). The number of carbonyl (C=O) groups excluding carboxylic acids is 1. The number of nitrogens with one attached hydrogen (secondary N) is 1. The van der Waals surface area contributed by atoms with E-state index in [1.807, 2.05) is 36.6 Å². The lowest BCUT2D eigenvalue weighted by molar-refractivity contribution is -0.116. The number of aromatic nitrogens is 1. The molecule has 1 N–H and O–H groups in total. The topological polar surface area (TPSA) is 51.2 Å². The van der Waals surface area contributed by atoms with Crippen LogP contribution in [0.3, 0.4) is 0 Å². The molecular weight excluding hydrogens is 382 g/mol. The fourth-order valence-corrected chi connectivity index (χ4v) is 3.07. The molecule has 0 radical (unpaired) electrons. The highest BCUT2D eigenvalue weighted by Crippen LogP contribution is 2.17. The molecule has 144 valence electrons. The molecule has 0 atom stereocenters. The van der Waals surface area contributed by atoms with E-state index in [0.29, 0.717) is 17.9 Å². The van der Waals surface area contributed by atoms with E-state index < -0.39 is 11.6 Å². The van der Waals surface area contributed by atoms with Gasteiger partial charge in [0.05, 0.1) is 10.7 Å². The van der Waals surface area contributed by atoms with Crippen molar-refractivity contribution < 1.29 is 18.3 Å². The zero-order valence-electron chi connectivity index (χ0n) is 15.1. The summed E-state index contributed by atoms with van der Waals surface area (Å²) >= 11 is 1.57. The van der Waals surface area contributed by atoms with Gasteiger partial charge in [0.25, 0.3) is 0 Å². The summed E-state index contributed by atoms with van der Waals surface area (Å²) in [5, 5.41) is 5.53. The molecule has 0 aliphatic rings. The minimum Gasteiger partial charge on any atom is -0.487 e. The molecule has 1 amide bonds. The van der Waals surface area contributed by atoms with Gasteiger partial charge in [0.15, 0.2) is 0 Å². The normalized spacial score (nSPS) is 11.0. The Kier molecular flexibility index (Phi) is 6.49. The molecule has 0 fully saturated rings. The molecule has 0 aliphatic carbocycles. The molecule has 0 unspecified atom stereocenters. The Morgan fingerprint density at radius 2 is 2.00 bits per heavy atom. The van der Waals surface area contributed by atoms with Crippen molar-refractivity contribution in [2.45, 2.75) is 20.1 Å². The van der Waals surface area contributed by atoms with Gasteiger partial charge < -0.3 is 10.1 Å². The number of benzene rings is 2. The molecule has 7 heteroatoms. The maximum absolute atomic E-state index is 13.2. The van der Waals surface area contributed by atoms with Crippen LogP contribution in [0.5, 0.6) is 5.75 Å². The van der Waals surface area contributed by atoms with Crippen LogP contribution in [0.2, 0.25) is 0 Å². The fourth-order valence-electron chi connectivity index (χ4n) is 2.47. The zero-order valence-corrected chi connectivity index (χ0v) is 15.9. The molecule has 0 aliphatic heterocycles. The summed E-state index contributed by atoms with van der Waals surface area (Å²) in [4.78, 5) is 16.3. The van der Waals surface area contributed by atoms with Crippen LogP contribution in [-0.2, 0) is 17.9 Å². The molecule has 0 bridgehead atoms. The van der Waals surface area contributed by atoms with Gasteiger partial charge in [0.1, 0.15) is 24.0 Å². The lowest BCUT2D eigenvalue weighted by atomic mass is 10.2. The van der Waals surface area contributed by atoms with E-state index in [4.69, 9.17) is 4.74 Å². The third kappa shape index (κ3) is 5.99. The maximum Gasteiger partial charge on any atom is 0.244 e. The summed E-state index contributed by atoms with van der Waals surface area (Å²) < 4.78 is 32.0. The van der Waals surface area contributed by atoms with Gasteiger partial charge in [-0.3, -0.25) is 4.79 Å². The lowest BCUT2D eigenvalue weighted by Crippen LogP contribution is -2.20. The van der Waals surface area contributed by atoms with Gasteiger partial charge in [-0.05, 0) is 48.4 Å². The molecule has 28 heavy (non-hydrogen) atoms. The van der Waals surface area contributed by atoms with E-state index in [9.17, 15) is 13.6 Å². The second-order valence-corrected chi connectivity index (χ2v) is 7.11. The van der Waals surface area contributed by atoms with Gasteiger partial charge in [0.2, 0.25) is 5.91 Å². The summed E-state index contributed by atoms with van der Waals surface area (Å²) in [5.41, 5.74) is 2.02. The number of thiazole rings is 1. The Morgan fingerprint density at radius 3 is 2.71 bits per heavy atom. The van der Waals surface area contributed by atoms with Crippen LogP contribution in [0.15, 0.2) is 53.9 Å². The monoisotopic (exact) mass is 400 g/mol. The van der Waals surface area contributed by atoms with Crippen molar-refractivity contribution in [2.24, 2.45) is 0 Å². The lowest BCUT2D eigenvalue weighted by Gasteiger charge is -2.05. The number of rotatable bonds is 7. The average molecular weight is 400 g/mol. The van der Waals surface area contributed by atoms with Crippen molar-refractivity contribution in [3.8, 4) is 5.75 Å². The SMILES string of the molecule is Cc1nc(COc2cccc(/C=C/C(=O)NCc3cc(F)cc(F)c3)c2)cs1. The van der Waals surface area contributed by atoms with Gasteiger partial charge in [-0.1, -0.05) is 12.1 Å². The minimum atomic E-state index is -0.676. The third-order valence-electron chi connectivity index (χ3n) is 3.73. The Bertz CT molecular complexity index is 981. The molecular formula is C21H18F2N2O2S. The first-order chi connectivity index (χ1) is 13.5. The second kappa shape index (κ2) is 9.23. The zero-order chi connectivity index (χ0) is 19.9. The number of halogens is 2. The number of nitrogens with zero attached hydrogens (tertiary/aromatic N) is 1. The van der Waals surface area contributed by atoms with Crippen LogP contribution in [0, 0.1) is 18.6 Å². The number of hydrogen-bond donors (Lipinski definition) is 1. The highest BCUT2D eigenvalue weighted by atomic mass is 32.1. The molecule has 1 heterocycles. The fraction of sp³-hybridized carbons (Fsp3) is 0.143. The van der Waals surface area contributed by atoms with Crippen molar-refractivity contribution in [3.63, 3.8) is 0 Å². The van der Waals surface area contributed by atoms with Crippen LogP contribution in [0.25, 0.3) is 6.08 Å². The van der Waals surface area contributed by atoms with Crippen molar-refractivity contribution >= 4 is 23.3 Å². The van der Waals surface area contributed by atoms with Crippen molar-refractivity contribution in [1.29, 1.82) is 0 Å². The first kappa shape index (κ1) is 19.7. The van der Waals surface area contributed by atoms with Gasteiger partial charge >= 0.3 is 0 Å². The van der Waals surface area contributed by atoms with Gasteiger partial charge in [0, 0.05) is 24.1 Å². The first-order valence-corrected chi connectivity index (χ1v) is 9.41. The highest BCUT2D eigenvalue weighted by molar-refractivity contribution is 7.09. The van der Waals surface area contributed by atoms with Gasteiger partial charge in [-0.2, -0.15) is 0 Å². The quantitative estimate of drug-likeness (QED) is 0.588.